The summed E-state index contributed by atoms with van der Waals surface area (Å²) >= 11 is 0. The first-order chi connectivity index (χ1) is 5.54. The second kappa shape index (κ2) is 3.75. The third-order valence-electron chi connectivity index (χ3n) is 2.80. The lowest BCUT2D eigenvalue weighted by atomic mass is 9.94. The lowest BCUT2D eigenvalue weighted by molar-refractivity contribution is 0.0815. The Bertz CT molecular complexity index is 137. The van der Waals surface area contributed by atoms with Crippen LogP contribution in [0.1, 0.15) is 33.6 Å². The molecule has 2 N–H and O–H groups in total. The molecule has 0 bridgehead atoms. The van der Waals surface area contributed by atoms with Crippen molar-refractivity contribution in [2.24, 2.45) is 11.7 Å². The first-order valence-corrected chi connectivity index (χ1v) is 4.99. The number of hydrogen-bond acceptors (Lipinski definition) is 2. The summed E-state index contributed by atoms with van der Waals surface area (Å²) in [6, 6.07) is 0. The van der Waals surface area contributed by atoms with Crippen molar-refractivity contribution in [1.29, 1.82) is 0 Å². The van der Waals surface area contributed by atoms with Gasteiger partial charge in [0.2, 0.25) is 0 Å². The van der Waals surface area contributed by atoms with Crippen LogP contribution in [0.15, 0.2) is 0 Å². The topological polar surface area (TPSA) is 29.3 Å². The van der Waals surface area contributed by atoms with Crippen molar-refractivity contribution in [1.82, 2.24) is 4.90 Å². The molecule has 0 amide bonds. The molecule has 2 heteroatoms. The number of nitrogens with two attached hydrogens (primary N) is 1. The predicted octanol–water partition coefficient (Wildman–Crippen LogP) is 1.46. The molecule has 1 saturated heterocycles. The summed E-state index contributed by atoms with van der Waals surface area (Å²) in [5.41, 5.74) is 6.01. The molecule has 1 heterocycles. The third kappa shape index (κ3) is 2.46. The van der Waals surface area contributed by atoms with E-state index >= 15 is 0 Å². The largest absolute Gasteiger partial charge is 0.330 e. The second-order valence-electron chi connectivity index (χ2n) is 4.86. The van der Waals surface area contributed by atoms with Gasteiger partial charge in [-0.25, -0.2) is 0 Å². The summed E-state index contributed by atoms with van der Waals surface area (Å²) in [5, 5.41) is 0. The molecule has 12 heavy (non-hydrogen) atoms. The van der Waals surface area contributed by atoms with Gasteiger partial charge in [0.25, 0.3) is 0 Å². The maximum atomic E-state index is 5.68. The second-order valence-corrected chi connectivity index (χ2v) is 4.86. The molecule has 1 aliphatic rings. The minimum atomic E-state index is 0.327. The van der Waals surface area contributed by atoms with E-state index in [1.807, 2.05) is 0 Å². The zero-order valence-electron chi connectivity index (χ0n) is 8.64. The van der Waals surface area contributed by atoms with Crippen LogP contribution in [0.25, 0.3) is 0 Å². The zero-order chi connectivity index (χ0) is 9.19. The highest BCUT2D eigenvalue weighted by Gasteiger charge is 2.26. The minimum absolute atomic E-state index is 0.327. The molecule has 0 aromatic rings. The molecule has 1 rings (SSSR count). The van der Waals surface area contributed by atoms with Gasteiger partial charge in [-0.05, 0) is 52.6 Å². The molecule has 72 valence electrons. The Morgan fingerprint density at radius 2 is 2.08 bits per heavy atom. The average molecular weight is 170 g/mol. The molecular weight excluding hydrogens is 148 g/mol. The lowest BCUT2D eigenvalue weighted by Gasteiger charge is -2.41. The Kier molecular flexibility index (Phi) is 3.13. The SMILES string of the molecule is CC(C)(C)N1CCCC(CN)C1. The summed E-state index contributed by atoms with van der Waals surface area (Å²) in [6.07, 6.45) is 2.64. The lowest BCUT2D eigenvalue weighted by Crippen LogP contribution is -2.48. The van der Waals surface area contributed by atoms with Crippen molar-refractivity contribution in [3.8, 4) is 0 Å². The summed E-state index contributed by atoms with van der Waals surface area (Å²) in [7, 11) is 0. The molecular formula is C10H22N2. The molecule has 1 unspecified atom stereocenters. The first-order valence-electron chi connectivity index (χ1n) is 4.99. The highest BCUT2D eigenvalue weighted by Crippen LogP contribution is 2.22. The molecule has 0 saturated carbocycles. The molecule has 0 aliphatic carbocycles. The number of rotatable bonds is 1. The normalized spacial score (nSPS) is 27.5. The molecule has 0 radical (unpaired) electrons. The summed E-state index contributed by atoms with van der Waals surface area (Å²) in [5.74, 6) is 0.734. The van der Waals surface area contributed by atoms with E-state index in [0.29, 0.717) is 5.54 Å². The van der Waals surface area contributed by atoms with E-state index in [2.05, 4.69) is 25.7 Å². The fourth-order valence-electron chi connectivity index (χ4n) is 1.87. The van der Waals surface area contributed by atoms with Crippen molar-refractivity contribution in [2.75, 3.05) is 19.6 Å². The van der Waals surface area contributed by atoms with Gasteiger partial charge in [-0.15, -0.1) is 0 Å². The van der Waals surface area contributed by atoms with E-state index < -0.39 is 0 Å². The van der Waals surface area contributed by atoms with Gasteiger partial charge in [0, 0.05) is 12.1 Å². The van der Waals surface area contributed by atoms with Crippen LogP contribution in [0, 0.1) is 5.92 Å². The van der Waals surface area contributed by atoms with E-state index in [1.165, 1.54) is 25.9 Å². The van der Waals surface area contributed by atoms with Crippen molar-refractivity contribution in [2.45, 2.75) is 39.2 Å². The Morgan fingerprint density at radius 3 is 2.58 bits per heavy atom. The van der Waals surface area contributed by atoms with Crippen LogP contribution in [0.4, 0.5) is 0 Å². The van der Waals surface area contributed by atoms with Gasteiger partial charge in [0.1, 0.15) is 0 Å². The predicted molar refractivity (Wildman–Crippen MR) is 53.1 cm³/mol. The maximum Gasteiger partial charge on any atom is 0.0125 e. The van der Waals surface area contributed by atoms with Gasteiger partial charge < -0.3 is 5.73 Å². The van der Waals surface area contributed by atoms with Gasteiger partial charge in [0.05, 0.1) is 0 Å². The summed E-state index contributed by atoms with van der Waals surface area (Å²) in [6.45, 7) is 10.1. The van der Waals surface area contributed by atoms with Crippen molar-refractivity contribution in [3.63, 3.8) is 0 Å². The summed E-state index contributed by atoms with van der Waals surface area (Å²) < 4.78 is 0. The van der Waals surface area contributed by atoms with Crippen LogP contribution in [0.5, 0.6) is 0 Å². The molecule has 1 atom stereocenters. The molecule has 0 aromatic heterocycles. The Labute approximate surface area is 76.1 Å². The van der Waals surface area contributed by atoms with Crippen LogP contribution in [-0.4, -0.2) is 30.1 Å². The van der Waals surface area contributed by atoms with Gasteiger partial charge in [0.15, 0.2) is 0 Å². The highest BCUT2D eigenvalue weighted by atomic mass is 15.2. The van der Waals surface area contributed by atoms with Crippen LogP contribution < -0.4 is 5.73 Å². The first kappa shape index (κ1) is 10.0. The van der Waals surface area contributed by atoms with Gasteiger partial charge in [-0.1, -0.05) is 0 Å². The molecule has 0 aromatic carbocycles. The molecule has 0 spiro atoms. The highest BCUT2D eigenvalue weighted by molar-refractivity contribution is 4.82. The average Bonchev–Trinajstić information content (AvgIpc) is 2.03. The van der Waals surface area contributed by atoms with Gasteiger partial charge >= 0.3 is 0 Å². The molecule has 2 nitrogen and oxygen atoms in total. The zero-order valence-corrected chi connectivity index (χ0v) is 8.64. The van der Waals surface area contributed by atoms with Gasteiger partial charge in [-0.2, -0.15) is 0 Å². The van der Waals surface area contributed by atoms with Crippen molar-refractivity contribution in [3.05, 3.63) is 0 Å². The van der Waals surface area contributed by atoms with E-state index in [9.17, 15) is 0 Å². The van der Waals surface area contributed by atoms with E-state index in [0.717, 1.165) is 12.5 Å². The van der Waals surface area contributed by atoms with Crippen molar-refractivity contribution < 1.29 is 0 Å². The maximum absolute atomic E-state index is 5.68. The number of piperidine rings is 1. The monoisotopic (exact) mass is 170 g/mol. The van der Waals surface area contributed by atoms with Crippen LogP contribution in [-0.2, 0) is 0 Å². The van der Waals surface area contributed by atoms with Crippen LogP contribution >= 0.6 is 0 Å². The van der Waals surface area contributed by atoms with Crippen LogP contribution in [0.2, 0.25) is 0 Å². The smallest absolute Gasteiger partial charge is 0.0125 e. The summed E-state index contributed by atoms with van der Waals surface area (Å²) in [4.78, 5) is 2.55. The number of hydrogen-bond donors (Lipinski definition) is 1. The quantitative estimate of drug-likeness (QED) is 0.645. The van der Waals surface area contributed by atoms with E-state index in [-0.39, 0.29) is 0 Å². The Balaban J connectivity index is 2.46. The fourth-order valence-corrected chi connectivity index (χ4v) is 1.87. The number of nitrogens with zero attached hydrogens (tertiary/aromatic N) is 1. The Morgan fingerprint density at radius 1 is 1.42 bits per heavy atom. The molecule has 1 fully saturated rings. The number of likely N-dealkylation sites (tertiary alicyclic amines) is 1. The van der Waals surface area contributed by atoms with Gasteiger partial charge in [-0.3, -0.25) is 4.90 Å². The Hall–Kier alpha value is -0.0800. The minimum Gasteiger partial charge on any atom is -0.330 e. The third-order valence-corrected chi connectivity index (χ3v) is 2.80. The van der Waals surface area contributed by atoms with Crippen molar-refractivity contribution >= 4 is 0 Å². The van der Waals surface area contributed by atoms with E-state index in [1.54, 1.807) is 0 Å². The fraction of sp³-hybridized carbons (Fsp3) is 1.00. The van der Waals surface area contributed by atoms with Crippen LogP contribution in [0.3, 0.4) is 0 Å². The molecule has 1 aliphatic heterocycles. The standard InChI is InChI=1S/C10H22N2/c1-10(2,3)12-6-4-5-9(7-11)8-12/h9H,4-8,11H2,1-3H3. The van der Waals surface area contributed by atoms with E-state index in [4.69, 9.17) is 5.73 Å².